The number of carbonyl (C=O) groups is 3. The molecule has 0 aliphatic heterocycles. The molecule has 0 saturated heterocycles. The molecular weight excluding hydrogens is 323 g/mol. The first-order valence-corrected chi connectivity index (χ1v) is 7.98. The van der Waals surface area contributed by atoms with E-state index in [4.69, 9.17) is 0 Å². The second kappa shape index (κ2) is 5.58. The zero-order valence-electron chi connectivity index (χ0n) is 11.4. The highest BCUT2D eigenvalue weighted by molar-refractivity contribution is 8.07. The van der Waals surface area contributed by atoms with E-state index < -0.39 is 23.7 Å². The lowest BCUT2D eigenvalue weighted by Crippen LogP contribution is -2.20. The average Bonchev–Trinajstić information content (AvgIpc) is 3.34. The van der Waals surface area contributed by atoms with Crippen LogP contribution in [0.5, 0.6) is 0 Å². The molecule has 3 rings (SSSR count). The summed E-state index contributed by atoms with van der Waals surface area (Å²) in [6.07, 6.45) is 7.66. The highest BCUT2D eigenvalue weighted by atomic mass is 31.2. The van der Waals surface area contributed by atoms with Crippen LogP contribution in [0.25, 0.3) is 0 Å². The van der Waals surface area contributed by atoms with Gasteiger partial charge < -0.3 is 15.0 Å². The quantitative estimate of drug-likeness (QED) is 0.570. The van der Waals surface area contributed by atoms with Crippen LogP contribution in [0.15, 0.2) is 37.2 Å². The number of H-pyrrole nitrogens is 3. The fourth-order valence-corrected chi connectivity index (χ4v) is 3.69. The van der Waals surface area contributed by atoms with Crippen molar-refractivity contribution < 1.29 is 18.9 Å². The van der Waals surface area contributed by atoms with Crippen LogP contribution < -0.4 is 0 Å². The van der Waals surface area contributed by atoms with Gasteiger partial charge in [-0.2, -0.15) is 0 Å². The van der Waals surface area contributed by atoms with E-state index in [0.29, 0.717) is 0 Å². The minimum atomic E-state index is -4.76. The number of imidazole rings is 3. The fourth-order valence-electron chi connectivity index (χ4n) is 1.87. The third-order valence-corrected chi connectivity index (χ3v) is 5.31. The number of aromatic amines is 3. The molecule has 0 amide bonds. The summed E-state index contributed by atoms with van der Waals surface area (Å²) < 4.78 is 13.2. The van der Waals surface area contributed by atoms with E-state index in [1.165, 1.54) is 37.2 Å². The zero-order valence-corrected chi connectivity index (χ0v) is 12.3. The van der Waals surface area contributed by atoms with Crippen molar-refractivity contribution in [2.24, 2.45) is 0 Å². The van der Waals surface area contributed by atoms with Crippen LogP contribution in [0.2, 0.25) is 0 Å². The van der Waals surface area contributed by atoms with Crippen LogP contribution >= 0.6 is 7.14 Å². The Balaban J connectivity index is 2.13. The minimum Gasteiger partial charge on any atom is -0.342 e. The lowest BCUT2D eigenvalue weighted by molar-refractivity contribution is 0.0992. The molecule has 3 heterocycles. The van der Waals surface area contributed by atoms with Crippen molar-refractivity contribution in [3.8, 4) is 0 Å². The largest absolute Gasteiger partial charge is 0.342 e. The van der Waals surface area contributed by atoms with E-state index in [2.05, 4.69) is 29.9 Å². The normalized spacial score (nSPS) is 11.3. The first-order valence-electron chi connectivity index (χ1n) is 6.28. The van der Waals surface area contributed by atoms with Gasteiger partial charge in [0.25, 0.3) is 23.7 Å². The van der Waals surface area contributed by atoms with Crippen molar-refractivity contribution in [1.29, 1.82) is 0 Å². The number of rotatable bonds is 6. The molecule has 0 aliphatic carbocycles. The summed E-state index contributed by atoms with van der Waals surface area (Å²) >= 11 is 0. The van der Waals surface area contributed by atoms with E-state index in [1.807, 2.05) is 0 Å². The number of nitrogens with one attached hydrogen (secondary N) is 3. The number of aromatic nitrogens is 6. The number of carbonyl (C=O) groups excluding carboxylic acids is 3. The van der Waals surface area contributed by atoms with Crippen molar-refractivity contribution in [2.75, 3.05) is 0 Å². The summed E-state index contributed by atoms with van der Waals surface area (Å²) in [7, 11) is -4.76. The molecule has 11 heteroatoms. The van der Waals surface area contributed by atoms with E-state index in [9.17, 15) is 18.9 Å². The number of hydrogen-bond acceptors (Lipinski definition) is 7. The van der Waals surface area contributed by atoms with Crippen LogP contribution in [0.1, 0.15) is 31.9 Å². The van der Waals surface area contributed by atoms with Gasteiger partial charge >= 0.3 is 0 Å². The zero-order chi connectivity index (χ0) is 16.4. The van der Waals surface area contributed by atoms with E-state index in [0.717, 1.165) is 0 Å². The maximum Gasteiger partial charge on any atom is 0.297 e. The third-order valence-electron chi connectivity index (χ3n) is 2.96. The molecule has 0 unspecified atom stereocenters. The van der Waals surface area contributed by atoms with Crippen molar-refractivity contribution in [3.05, 3.63) is 54.7 Å². The second-order valence-electron chi connectivity index (χ2n) is 4.34. The Morgan fingerprint density at radius 2 is 1.00 bits per heavy atom. The van der Waals surface area contributed by atoms with Crippen LogP contribution in [0.4, 0.5) is 0 Å². The maximum absolute atomic E-state index is 13.2. The molecule has 0 saturated carbocycles. The van der Waals surface area contributed by atoms with Crippen LogP contribution in [-0.4, -0.2) is 46.5 Å². The van der Waals surface area contributed by atoms with Crippen LogP contribution in [0.3, 0.4) is 0 Å². The Kier molecular flexibility index (Phi) is 3.59. The summed E-state index contributed by atoms with van der Waals surface area (Å²) in [6, 6.07) is 0. The molecule has 10 nitrogen and oxygen atoms in total. The van der Waals surface area contributed by atoms with Gasteiger partial charge in [-0.05, 0) is 0 Å². The smallest absolute Gasteiger partial charge is 0.297 e. The highest BCUT2D eigenvalue weighted by Gasteiger charge is 2.51. The lowest BCUT2D eigenvalue weighted by atomic mass is 10.7. The Hall–Kier alpha value is -3.13. The summed E-state index contributed by atoms with van der Waals surface area (Å²) in [5.74, 6) is -1.06. The Morgan fingerprint density at radius 3 is 1.22 bits per heavy atom. The average molecular weight is 332 g/mol. The summed E-state index contributed by atoms with van der Waals surface area (Å²) in [4.78, 5) is 55.9. The van der Waals surface area contributed by atoms with Gasteiger partial charge in [-0.25, -0.2) is 15.0 Å². The predicted molar refractivity (Wildman–Crippen MR) is 76.4 cm³/mol. The van der Waals surface area contributed by atoms with Gasteiger partial charge in [0, 0.05) is 37.2 Å². The molecule has 0 aliphatic rings. The molecule has 0 atom stereocenters. The topological polar surface area (TPSA) is 154 Å². The standard InChI is InChI=1S/C12H9N6O4P/c19-10(7-13-1-2-14-7)23(22,11(20)8-15-3-4-16-8)12(21)9-17-5-6-18-9/h1-6H,(H,13,14)(H,15,16)(H,17,18). The number of nitrogens with zero attached hydrogens (tertiary/aromatic N) is 3. The molecule has 0 radical (unpaired) electrons. The van der Waals surface area contributed by atoms with Gasteiger partial charge in [-0.1, -0.05) is 0 Å². The van der Waals surface area contributed by atoms with Gasteiger partial charge in [-0.3, -0.25) is 18.9 Å². The molecule has 0 fully saturated rings. The van der Waals surface area contributed by atoms with Gasteiger partial charge in [-0.15, -0.1) is 0 Å². The number of hydrogen-bond donors (Lipinski definition) is 3. The van der Waals surface area contributed by atoms with Crippen LogP contribution in [0, 0.1) is 0 Å². The first-order chi connectivity index (χ1) is 11.0. The Morgan fingerprint density at radius 1 is 0.696 bits per heavy atom. The first kappa shape index (κ1) is 14.8. The maximum atomic E-state index is 13.2. The molecule has 3 N–H and O–H groups in total. The predicted octanol–water partition coefficient (Wildman–Crippen LogP) is 1.04. The Bertz CT molecular complexity index is 778. The molecule has 3 aromatic rings. The summed E-state index contributed by atoms with van der Waals surface area (Å²) in [6.45, 7) is 0. The molecule has 0 spiro atoms. The van der Waals surface area contributed by atoms with Gasteiger partial charge in [0.15, 0.2) is 17.5 Å². The molecule has 0 aromatic carbocycles. The van der Waals surface area contributed by atoms with Crippen molar-refractivity contribution in [1.82, 2.24) is 29.9 Å². The van der Waals surface area contributed by atoms with Gasteiger partial charge in [0.2, 0.25) is 0 Å². The SMILES string of the molecule is O=C(c1ncc[nH]1)P(=O)(C(=O)c1ncc[nH]1)C(=O)c1ncc[nH]1. The highest BCUT2D eigenvalue weighted by Crippen LogP contribution is 2.53. The molecule has 0 bridgehead atoms. The van der Waals surface area contributed by atoms with Crippen molar-refractivity contribution in [2.45, 2.75) is 0 Å². The van der Waals surface area contributed by atoms with Crippen LogP contribution in [-0.2, 0) is 4.57 Å². The van der Waals surface area contributed by atoms with E-state index in [-0.39, 0.29) is 17.5 Å². The fraction of sp³-hybridized carbons (Fsp3) is 0. The second-order valence-corrected chi connectivity index (χ2v) is 6.78. The van der Waals surface area contributed by atoms with E-state index >= 15 is 0 Å². The lowest BCUT2D eigenvalue weighted by Gasteiger charge is -2.10. The van der Waals surface area contributed by atoms with Gasteiger partial charge in [0.1, 0.15) is 0 Å². The van der Waals surface area contributed by atoms with Crippen molar-refractivity contribution >= 4 is 23.7 Å². The molecule has 3 aromatic heterocycles. The molecule has 23 heavy (non-hydrogen) atoms. The van der Waals surface area contributed by atoms with E-state index in [1.54, 1.807) is 0 Å². The third kappa shape index (κ3) is 2.34. The van der Waals surface area contributed by atoms with Crippen molar-refractivity contribution in [3.63, 3.8) is 0 Å². The molecular formula is C12H9N6O4P. The minimum absolute atomic E-state index is 0.354. The Labute approximate surface area is 128 Å². The monoisotopic (exact) mass is 332 g/mol. The van der Waals surface area contributed by atoms with Gasteiger partial charge in [0.05, 0.1) is 0 Å². The molecule has 116 valence electrons. The summed E-state index contributed by atoms with van der Waals surface area (Å²) in [5.41, 5.74) is -3.61. The summed E-state index contributed by atoms with van der Waals surface area (Å²) in [5, 5.41) is 0.